The van der Waals surface area contributed by atoms with Crippen LogP contribution in [-0.2, 0) is 10.1 Å². The zero-order valence-corrected chi connectivity index (χ0v) is 10.4. The molecule has 0 heterocycles. The standard InChI is InChI=1S/C12H20O3S/c13-16(14,15)2-1-12-6-9-3-10(7-12)5-11(4-9)8-12/h9-11H,1-8H2,(H,13,14,15). The van der Waals surface area contributed by atoms with Crippen LogP contribution in [0.25, 0.3) is 0 Å². The SMILES string of the molecule is O=S(=O)(O)CCC12CC3CC(CC(C3)C1)C2. The van der Waals surface area contributed by atoms with Crippen molar-refractivity contribution in [2.45, 2.75) is 44.9 Å². The molecule has 4 bridgehead atoms. The predicted molar refractivity (Wildman–Crippen MR) is 61.6 cm³/mol. The van der Waals surface area contributed by atoms with E-state index < -0.39 is 10.1 Å². The highest BCUT2D eigenvalue weighted by Crippen LogP contribution is 2.61. The minimum atomic E-state index is -3.77. The summed E-state index contributed by atoms with van der Waals surface area (Å²) in [6.45, 7) is 0. The van der Waals surface area contributed by atoms with Gasteiger partial charge in [0.1, 0.15) is 0 Å². The third kappa shape index (κ3) is 2.02. The summed E-state index contributed by atoms with van der Waals surface area (Å²) in [6.07, 6.45) is 8.48. The van der Waals surface area contributed by atoms with Crippen LogP contribution in [-0.4, -0.2) is 18.7 Å². The van der Waals surface area contributed by atoms with Crippen LogP contribution in [0.2, 0.25) is 0 Å². The summed E-state index contributed by atoms with van der Waals surface area (Å²) in [7, 11) is -3.77. The fourth-order valence-electron chi connectivity index (χ4n) is 4.94. The first-order valence-electron chi connectivity index (χ1n) is 6.39. The molecule has 0 unspecified atom stereocenters. The van der Waals surface area contributed by atoms with Gasteiger partial charge in [0.05, 0.1) is 5.75 Å². The quantitative estimate of drug-likeness (QED) is 0.776. The second-order valence-corrected chi connectivity index (χ2v) is 8.03. The monoisotopic (exact) mass is 244 g/mol. The normalized spacial score (nSPS) is 46.2. The van der Waals surface area contributed by atoms with Gasteiger partial charge in [0.25, 0.3) is 10.1 Å². The van der Waals surface area contributed by atoms with E-state index in [9.17, 15) is 8.42 Å². The summed E-state index contributed by atoms with van der Waals surface area (Å²) < 4.78 is 30.7. The van der Waals surface area contributed by atoms with Crippen molar-refractivity contribution in [1.29, 1.82) is 0 Å². The molecule has 0 atom stereocenters. The molecule has 4 rings (SSSR count). The van der Waals surface area contributed by atoms with Gasteiger partial charge in [0, 0.05) is 0 Å². The molecule has 16 heavy (non-hydrogen) atoms. The second-order valence-electron chi connectivity index (χ2n) is 6.45. The molecule has 1 N–H and O–H groups in total. The van der Waals surface area contributed by atoms with Crippen molar-refractivity contribution >= 4 is 10.1 Å². The predicted octanol–water partition coefficient (Wildman–Crippen LogP) is 2.48. The molecule has 4 saturated carbocycles. The van der Waals surface area contributed by atoms with Crippen molar-refractivity contribution in [2.75, 3.05) is 5.75 Å². The van der Waals surface area contributed by atoms with E-state index in [1.807, 2.05) is 0 Å². The molecule has 0 spiro atoms. The molecule has 0 radical (unpaired) electrons. The molecule has 3 nitrogen and oxygen atoms in total. The van der Waals surface area contributed by atoms with Crippen LogP contribution in [0.5, 0.6) is 0 Å². The van der Waals surface area contributed by atoms with E-state index in [1.54, 1.807) is 0 Å². The van der Waals surface area contributed by atoms with E-state index in [0.29, 0.717) is 6.42 Å². The number of hydrogen-bond donors (Lipinski definition) is 1. The lowest BCUT2D eigenvalue weighted by Crippen LogP contribution is -2.46. The molecule has 4 aliphatic rings. The van der Waals surface area contributed by atoms with E-state index in [-0.39, 0.29) is 11.2 Å². The van der Waals surface area contributed by atoms with Gasteiger partial charge in [0.15, 0.2) is 0 Å². The summed E-state index contributed by atoms with van der Waals surface area (Å²) in [6, 6.07) is 0. The van der Waals surface area contributed by atoms with E-state index in [1.165, 1.54) is 38.5 Å². The van der Waals surface area contributed by atoms with Crippen molar-refractivity contribution in [1.82, 2.24) is 0 Å². The second kappa shape index (κ2) is 3.45. The average molecular weight is 244 g/mol. The van der Waals surface area contributed by atoms with E-state index >= 15 is 0 Å². The van der Waals surface area contributed by atoms with Crippen LogP contribution in [0.4, 0.5) is 0 Å². The highest BCUT2D eigenvalue weighted by atomic mass is 32.2. The molecule has 0 aromatic rings. The first-order chi connectivity index (χ1) is 7.44. The summed E-state index contributed by atoms with van der Waals surface area (Å²) >= 11 is 0. The molecule has 0 aromatic heterocycles. The summed E-state index contributed by atoms with van der Waals surface area (Å²) in [5, 5.41) is 0. The first-order valence-corrected chi connectivity index (χ1v) is 8.00. The van der Waals surface area contributed by atoms with Gasteiger partial charge in [-0.15, -0.1) is 0 Å². The third-order valence-corrected chi connectivity index (χ3v) is 5.78. The van der Waals surface area contributed by atoms with Gasteiger partial charge in [0.2, 0.25) is 0 Å². The first kappa shape index (κ1) is 11.0. The maximum atomic E-state index is 10.9. The largest absolute Gasteiger partial charge is 0.286 e. The Morgan fingerprint density at radius 1 is 1.00 bits per heavy atom. The zero-order valence-electron chi connectivity index (χ0n) is 9.56. The maximum absolute atomic E-state index is 10.9. The molecular formula is C12H20O3S. The maximum Gasteiger partial charge on any atom is 0.264 e. The third-order valence-electron chi connectivity index (χ3n) is 5.06. The lowest BCUT2D eigenvalue weighted by molar-refractivity contribution is -0.0542. The van der Waals surface area contributed by atoms with Crippen molar-refractivity contribution in [3.05, 3.63) is 0 Å². The Morgan fingerprint density at radius 2 is 1.44 bits per heavy atom. The van der Waals surface area contributed by atoms with Gasteiger partial charge >= 0.3 is 0 Å². The Hall–Kier alpha value is -0.0900. The van der Waals surface area contributed by atoms with Crippen molar-refractivity contribution < 1.29 is 13.0 Å². The summed E-state index contributed by atoms with van der Waals surface area (Å²) in [5.74, 6) is 2.53. The minimum Gasteiger partial charge on any atom is -0.286 e. The molecule has 4 fully saturated rings. The molecule has 0 saturated heterocycles. The van der Waals surface area contributed by atoms with E-state index in [4.69, 9.17) is 4.55 Å². The van der Waals surface area contributed by atoms with Gasteiger partial charge in [-0.2, -0.15) is 8.42 Å². The molecule has 0 amide bonds. The van der Waals surface area contributed by atoms with E-state index in [2.05, 4.69) is 0 Å². The fourth-order valence-corrected chi connectivity index (χ4v) is 5.63. The smallest absolute Gasteiger partial charge is 0.264 e. The lowest BCUT2D eigenvalue weighted by atomic mass is 9.49. The topological polar surface area (TPSA) is 54.4 Å². The fraction of sp³-hybridized carbons (Fsp3) is 1.00. The van der Waals surface area contributed by atoms with Crippen LogP contribution < -0.4 is 0 Å². The van der Waals surface area contributed by atoms with Crippen molar-refractivity contribution in [2.24, 2.45) is 23.2 Å². The molecule has 92 valence electrons. The highest BCUT2D eigenvalue weighted by Gasteiger charge is 2.50. The van der Waals surface area contributed by atoms with Crippen LogP contribution in [0, 0.1) is 23.2 Å². The highest BCUT2D eigenvalue weighted by molar-refractivity contribution is 7.85. The molecule has 4 aliphatic carbocycles. The van der Waals surface area contributed by atoms with Crippen LogP contribution in [0.3, 0.4) is 0 Å². The number of hydrogen-bond acceptors (Lipinski definition) is 2. The Kier molecular flexibility index (Phi) is 2.38. The Morgan fingerprint density at radius 3 is 1.81 bits per heavy atom. The Balaban J connectivity index is 1.74. The lowest BCUT2D eigenvalue weighted by Gasteiger charge is -2.57. The van der Waals surface area contributed by atoms with Crippen molar-refractivity contribution in [3.63, 3.8) is 0 Å². The molecule has 0 aliphatic heterocycles. The van der Waals surface area contributed by atoms with Gasteiger partial charge in [-0.05, 0) is 68.1 Å². The van der Waals surface area contributed by atoms with Crippen LogP contribution in [0.15, 0.2) is 0 Å². The zero-order chi connectivity index (χ0) is 11.4. The van der Waals surface area contributed by atoms with Crippen LogP contribution >= 0.6 is 0 Å². The molecule has 0 aromatic carbocycles. The van der Waals surface area contributed by atoms with Gasteiger partial charge in [-0.3, -0.25) is 4.55 Å². The van der Waals surface area contributed by atoms with Crippen molar-refractivity contribution in [3.8, 4) is 0 Å². The Bertz CT molecular complexity index is 350. The minimum absolute atomic E-state index is 0.0286. The summed E-state index contributed by atoms with van der Waals surface area (Å²) in [5.41, 5.74) is 0.268. The summed E-state index contributed by atoms with van der Waals surface area (Å²) in [4.78, 5) is 0. The average Bonchev–Trinajstić information content (AvgIpc) is 2.11. The Labute approximate surface area is 97.4 Å². The molecular weight excluding hydrogens is 224 g/mol. The van der Waals surface area contributed by atoms with Gasteiger partial charge in [-0.1, -0.05) is 0 Å². The van der Waals surface area contributed by atoms with Gasteiger partial charge < -0.3 is 0 Å². The van der Waals surface area contributed by atoms with Crippen LogP contribution in [0.1, 0.15) is 44.9 Å². The number of rotatable bonds is 3. The molecule has 4 heteroatoms. The van der Waals surface area contributed by atoms with E-state index in [0.717, 1.165) is 17.8 Å². The van der Waals surface area contributed by atoms with Gasteiger partial charge in [-0.25, -0.2) is 0 Å².